The molecule has 0 aliphatic heterocycles. The van der Waals surface area contributed by atoms with Gasteiger partial charge in [0, 0.05) is 11.6 Å². The van der Waals surface area contributed by atoms with Crippen LogP contribution in [0.15, 0.2) is 30.5 Å². The summed E-state index contributed by atoms with van der Waals surface area (Å²) in [4.78, 5) is 34.0. The quantitative estimate of drug-likeness (QED) is 0.697. The van der Waals surface area contributed by atoms with Crippen LogP contribution in [0.2, 0.25) is 0 Å². The highest BCUT2D eigenvalue weighted by Crippen LogP contribution is 2.10. The minimum atomic E-state index is -0.553. The Labute approximate surface area is 126 Å². The number of amides is 2. The fourth-order valence-corrected chi connectivity index (χ4v) is 1.78. The molecule has 8 heteroatoms. The lowest BCUT2D eigenvalue weighted by atomic mass is 10.3. The third-order valence-corrected chi connectivity index (χ3v) is 2.87. The first kappa shape index (κ1) is 15.5. The van der Waals surface area contributed by atoms with Crippen LogP contribution in [0.5, 0.6) is 0 Å². The number of ether oxygens (including phenoxy) is 1. The van der Waals surface area contributed by atoms with Crippen molar-refractivity contribution in [1.82, 2.24) is 20.4 Å². The molecule has 0 aliphatic carbocycles. The van der Waals surface area contributed by atoms with Gasteiger partial charge in [0.2, 0.25) is 11.8 Å². The SMILES string of the molecule is COC(=O)CNC(=O)CNC(=O)Cn1cc2ccccc2n1. The monoisotopic (exact) mass is 304 g/mol. The van der Waals surface area contributed by atoms with Crippen LogP contribution in [-0.4, -0.2) is 47.8 Å². The summed E-state index contributed by atoms with van der Waals surface area (Å²) in [6, 6.07) is 7.51. The van der Waals surface area contributed by atoms with E-state index in [0.29, 0.717) is 0 Å². The molecule has 2 N–H and O–H groups in total. The average Bonchev–Trinajstić information content (AvgIpc) is 2.92. The van der Waals surface area contributed by atoms with Crippen molar-refractivity contribution in [2.75, 3.05) is 20.2 Å². The zero-order chi connectivity index (χ0) is 15.9. The summed E-state index contributed by atoms with van der Waals surface area (Å²) >= 11 is 0. The minimum Gasteiger partial charge on any atom is -0.468 e. The van der Waals surface area contributed by atoms with Crippen molar-refractivity contribution < 1.29 is 19.1 Å². The number of carbonyl (C=O) groups is 3. The highest BCUT2D eigenvalue weighted by Gasteiger charge is 2.09. The van der Waals surface area contributed by atoms with E-state index in [1.54, 1.807) is 6.20 Å². The Bertz CT molecular complexity index is 662. The Morgan fingerprint density at radius 2 is 1.86 bits per heavy atom. The minimum absolute atomic E-state index is 0.0129. The molecular formula is C14H16N4O4. The Morgan fingerprint density at radius 3 is 2.59 bits per heavy atom. The number of nitrogens with zero attached hydrogens (tertiary/aromatic N) is 2. The summed E-state index contributed by atoms with van der Waals surface area (Å²) in [7, 11) is 1.23. The van der Waals surface area contributed by atoms with E-state index < -0.39 is 11.9 Å². The third kappa shape index (κ3) is 4.30. The van der Waals surface area contributed by atoms with Gasteiger partial charge in [-0.1, -0.05) is 18.2 Å². The molecule has 0 bridgehead atoms. The molecule has 8 nitrogen and oxygen atoms in total. The first-order chi connectivity index (χ1) is 10.6. The molecule has 0 spiro atoms. The highest BCUT2D eigenvalue weighted by atomic mass is 16.5. The fourth-order valence-electron chi connectivity index (χ4n) is 1.78. The lowest BCUT2D eigenvalue weighted by molar-refractivity contribution is -0.141. The largest absolute Gasteiger partial charge is 0.468 e. The van der Waals surface area contributed by atoms with Crippen LogP contribution < -0.4 is 10.6 Å². The number of esters is 1. The van der Waals surface area contributed by atoms with Crippen LogP contribution in [-0.2, 0) is 25.7 Å². The van der Waals surface area contributed by atoms with E-state index in [-0.39, 0.29) is 25.5 Å². The Hall–Kier alpha value is -2.90. The summed E-state index contributed by atoms with van der Waals surface area (Å²) in [5.41, 5.74) is 0.797. The number of benzene rings is 1. The number of hydrogen-bond acceptors (Lipinski definition) is 5. The Morgan fingerprint density at radius 1 is 1.14 bits per heavy atom. The van der Waals surface area contributed by atoms with Gasteiger partial charge in [-0.05, 0) is 6.07 Å². The maximum absolute atomic E-state index is 11.7. The molecule has 0 aliphatic rings. The summed E-state index contributed by atoms with van der Waals surface area (Å²) in [6.45, 7) is -0.425. The third-order valence-electron chi connectivity index (χ3n) is 2.87. The van der Waals surface area contributed by atoms with E-state index >= 15 is 0 Å². The molecule has 0 fully saturated rings. The van der Waals surface area contributed by atoms with Crippen LogP contribution in [0.25, 0.3) is 10.9 Å². The molecule has 0 saturated heterocycles. The van der Waals surface area contributed by atoms with E-state index in [1.807, 2.05) is 24.3 Å². The molecule has 0 saturated carbocycles. The number of carbonyl (C=O) groups excluding carboxylic acids is 3. The van der Waals surface area contributed by atoms with Crippen LogP contribution in [0, 0.1) is 0 Å². The number of nitrogens with one attached hydrogen (secondary N) is 2. The zero-order valence-electron chi connectivity index (χ0n) is 12.0. The second-order valence-corrected chi connectivity index (χ2v) is 4.52. The maximum atomic E-state index is 11.7. The number of hydrogen-bond donors (Lipinski definition) is 2. The topological polar surface area (TPSA) is 102 Å². The van der Waals surface area contributed by atoms with E-state index in [4.69, 9.17) is 0 Å². The van der Waals surface area contributed by atoms with Gasteiger partial charge in [-0.15, -0.1) is 0 Å². The zero-order valence-corrected chi connectivity index (χ0v) is 12.0. The van der Waals surface area contributed by atoms with Crippen molar-refractivity contribution in [2.45, 2.75) is 6.54 Å². The highest BCUT2D eigenvalue weighted by molar-refractivity contribution is 5.87. The van der Waals surface area contributed by atoms with E-state index in [9.17, 15) is 14.4 Å². The van der Waals surface area contributed by atoms with Gasteiger partial charge in [0.05, 0.1) is 19.2 Å². The molecule has 0 unspecified atom stereocenters. The summed E-state index contributed by atoms with van der Waals surface area (Å²) < 4.78 is 5.89. The van der Waals surface area contributed by atoms with Gasteiger partial charge < -0.3 is 15.4 Å². The van der Waals surface area contributed by atoms with Gasteiger partial charge in [0.1, 0.15) is 13.1 Å². The number of fused-ring (bicyclic) bond motifs is 1. The second-order valence-electron chi connectivity index (χ2n) is 4.52. The van der Waals surface area contributed by atoms with Crippen molar-refractivity contribution in [1.29, 1.82) is 0 Å². The molecule has 116 valence electrons. The normalized spacial score (nSPS) is 10.2. The average molecular weight is 304 g/mol. The van der Waals surface area contributed by atoms with Gasteiger partial charge in [-0.3, -0.25) is 19.1 Å². The number of methoxy groups -OCH3 is 1. The molecule has 2 aromatic rings. The lowest BCUT2D eigenvalue weighted by Gasteiger charge is -2.06. The molecule has 22 heavy (non-hydrogen) atoms. The van der Waals surface area contributed by atoms with Crippen molar-refractivity contribution in [3.05, 3.63) is 30.5 Å². The van der Waals surface area contributed by atoms with Crippen molar-refractivity contribution in [2.24, 2.45) is 0 Å². The van der Waals surface area contributed by atoms with Crippen molar-refractivity contribution in [3.63, 3.8) is 0 Å². The standard InChI is InChI=1S/C14H16N4O4/c1-22-14(21)7-16-12(19)6-15-13(20)9-18-8-10-4-2-3-5-11(10)17-18/h2-5,8H,6-7,9H2,1H3,(H,15,20)(H,16,19). The van der Waals surface area contributed by atoms with Gasteiger partial charge in [0.25, 0.3) is 0 Å². The molecular weight excluding hydrogens is 288 g/mol. The van der Waals surface area contributed by atoms with Gasteiger partial charge >= 0.3 is 5.97 Å². The summed E-state index contributed by atoms with van der Waals surface area (Å²) in [5.74, 6) is -1.37. The van der Waals surface area contributed by atoms with E-state index in [0.717, 1.165) is 10.9 Å². The fraction of sp³-hybridized carbons (Fsp3) is 0.286. The van der Waals surface area contributed by atoms with Gasteiger partial charge in [0.15, 0.2) is 0 Å². The molecule has 1 aromatic heterocycles. The first-order valence-corrected chi connectivity index (χ1v) is 6.61. The van der Waals surface area contributed by atoms with Gasteiger partial charge in [-0.25, -0.2) is 0 Å². The predicted molar refractivity (Wildman–Crippen MR) is 77.8 cm³/mol. The molecule has 0 radical (unpaired) electrons. The van der Waals surface area contributed by atoms with Gasteiger partial charge in [-0.2, -0.15) is 5.10 Å². The maximum Gasteiger partial charge on any atom is 0.325 e. The van der Waals surface area contributed by atoms with Crippen LogP contribution in [0.1, 0.15) is 0 Å². The summed E-state index contributed by atoms with van der Waals surface area (Å²) in [5, 5.41) is 9.96. The van der Waals surface area contributed by atoms with E-state index in [1.165, 1.54) is 11.8 Å². The molecule has 2 amide bonds. The van der Waals surface area contributed by atoms with Crippen LogP contribution in [0.3, 0.4) is 0 Å². The molecule has 2 rings (SSSR count). The summed E-state index contributed by atoms with van der Waals surface area (Å²) in [6.07, 6.45) is 1.76. The van der Waals surface area contributed by atoms with Crippen molar-refractivity contribution in [3.8, 4) is 0 Å². The van der Waals surface area contributed by atoms with Crippen LogP contribution in [0.4, 0.5) is 0 Å². The number of aromatic nitrogens is 2. The second kappa shape index (κ2) is 7.21. The van der Waals surface area contributed by atoms with E-state index in [2.05, 4.69) is 20.5 Å². The van der Waals surface area contributed by atoms with Crippen LogP contribution >= 0.6 is 0 Å². The molecule has 1 heterocycles. The Kier molecular flexibility index (Phi) is 5.07. The molecule has 1 aromatic carbocycles. The smallest absolute Gasteiger partial charge is 0.325 e. The molecule has 0 atom stereocenters. The predicted octanol–water partition coefficient (Wildman–Crippen LogP) is -0.558. The number of rotatable bonds is 6. The van der Waals surface area contributed by atoms with Crippen molar-refractivity contribution >= 4 is 28.7 Å². The first-order valence-electron chi connectivity index (χ1n) is 6.61. The Balaban J connectivity index is 1.78. The lowest BCUT2D eigenvalue weighted by Crippen LogP contribution is -2.40.